The van der Waals surface area contributed by atoms with Crippen molar-refractivity contribution in [3.63, 3.8) is 0 Å². The van der Waals surface area contributed by atoms with Crippen LogP contribution in [0.15, 0.2) is 30.3 Å². The number of hydrogen-bond acceptors (Lipinski definition) is 3. The van der Waals surface area contributed by atoms with E-state index >= 15 is 0 Å². The van der Waals surface area contributed by atoms with Gasteiger partial charge >= 0.3 is 0 Å². The number of nitrogens with one attached hydrogen (secondary N) is 1. The summed E-state index contributed by atoms with van der Waals surface area (Å²) in [7, 11) is 0. The minimum absolute atomic E-state index is 0.0456. The normalized spacial score (nSPS) is 10.8. The molecule has 0 saturated carbocycles. The van der Waals surface area contributed by atoms with Crippen LogP contribution in [-0.4, -0.2) is 15.2 Å². The van der Waals surface area contributed by atoms with E-state index in [-0.39, 0.29) is 17.1 Å². The van der Waals surface area contributed by atoms with Gasteiger partial charge in [0.15, 0.2) is 0 Å². The number of hydrogen-bond donors (Lipinski definition) is 3. The molecule has 0 unspecified atom stereocenters. The van der Waals surface area contributed by atoms with Crippen LogP contribution in [0.1, 0.15) is 5.56 Å². The van der Waals surface area contributed by atoms with Crippen molar-refractivity contribution in [2.75, 3.05) is 0 Å². The highest BCUT2D eigenvalue weighted by molar-refractivity contribution is 6.08. The fraction of sp³-hybridized carbons (Fsp3) is 0. The van der Waals surface area contributed by atoms with Crippen LogP contribution >= 0.6 is 0 Å². The number of rotatable bonds is 0. The third-order valence-corrected chi connectivity index (χ3v) is 2.82. The molecule has 0 aliphatic rings. The van der Waals surface area contributed by atoms with E-state index in [1.165, 1.54) is 6.07 Å². The van der Waals surface area contributed by atoms with Crippen LogP contribution in [0.4, 0.5) is 0 Å². The molecule has 3 aromatic rings. The maximum atomic E-state index is 9.60. The average Bonchev–Trinajstić information content (AvgIpc) is 2.63. The summed E-state index contributed by atoms with van der Waals surface area (Å²) in [6.07, 6.45) is 0. The number of phenols is 2. The second-order valence-corrected chi connectivity index (χ2v) is 3.88. The molecule has 17 heavy (non-hydrogen) atoms. The lowest BCUT2D eigenvalue weighted by Crippen LogP contribution is -1.76. The second-order valence-electron chi connectivity index (χ2n) is 3.88. The zero-order valence-corrected chi connectivity index (χ0v) is 8.73. The maximum absolute atomic E-state index is 9.60. The largest absolute Gasteiger partial charge is 0.508 e. The van der Waals surface area contributed by atoms with Crippen LogP contribution in [0.2, 0.25) is 0 Å². The lowest BCUT2D eigenvalue weighted by molar-refractivity contribution is 0.474. The molecule has 0 atom stereocenters. The van der Waals surface area contributed by atoms with Crippen molar-refractivity contribution in [3.05, 3.63) is 35.9 Å². The van der Waals surface area contributed by atoms with Gasteiger partial charge in [0.25, 0.3) is 0 Å². The molecule has 0 saturated heterocycles. The van der Waals surface area contributed by atoms with E-state index in [2.05, 4.69) is 4.98 Å². The van der Waals surface area contributed by atoms with Crippen LogP contribution in [0, 0.1) is 11.3 Å². The Balaban J connectivity index is 2.49. The van der Waals surface area contributed by atoms with Gasteiger partial charge in [0.2, 0.25) is 0 Å². The Hall–Kier alpha value is -2.67. The molecule has 82 valence electrons. The third-order valence-electron chi connectivity index (χ3n) is 2.82. The van der Waals surface area contributed by atoms with Gasteiger partial charge in [-0.2, -0.15) is 5.26 Å². The van der Waals surface area contributed by atoms with Gasteiger partial charge in [0, 0.05) is 22.9 Å². The first-order valence-corrected chi connectivity index (χ1v) is 5.06. The first kappa shape index (κ1) is 9.55. The minimum Gasteiger partial charge on any atom is -0.508 e. The van der Waals surface area contributed by atoms with E-state index in [1.807, 2.05) is 6.07 Å². The van der Waals surface area contributed by atoms with E-state index < -0.39 is 0 Å². The highest BCUT2D eigenvalue weighted by atomic mass is 16.3. The summed E-state index contributed by atoms with van der Waals surface area (Å²) in [5.74, 6) is 0.129. The number of nitrogens with zero attached hydrogens (tertiary/aromatic N) is 1. The molecule has 1 heterocycles. The summed E-state index contributed by atoms with van der Waals surface area (Å²) in [5, 5.41) is 29.6. The molecule has 0 bridgehead atoms. The topological polar surface area (TPSA) is 80.0 Å². The first-order valence-electron chi connectivity index (χ1n) is 5.06. The quantitative estimate of drug-likeness (QED) is 0.549. The highest BCUT2D eigenvalue weighted by Gasteiger charge is 2.09. The molecule has 0 radical (unpaired) electrons. The van der Waals surface area contributed by atoms with Gasteiger partial charge in [-0.15, -0.1) is 0 Å². The second kappa shape index (κ2) is 3.16. The van der Waals surface area contributed by atoms with Gasteiger partial charge in [0.1, 0.15) is 17.6 Å². The van der Waals surface area contributed by atoms with Gasteiger partial charge < -0.3 is 15.2 Å². The van der Waals surface area contributed by atoms with Gasteiger partial charge in [-0.05, 0) is 18.2 Å². The maximum Gasteiger partial charge on any atom is 0.135 e. The molecule has 4 nitrogen and oxygen atoms in total. The van der Waals surface area contributed by atoms with Crippen LogP contribution in [0.5, 0.6) is 11.5 Å². The summed E-state index contributed by atoms with van der Waals surface area (Å²) in [6.45, 7) is 0. The van der Waals surface area contributed by atoms with Gasteiger partial charge in [-0.1, -0.05) is 0 Å². The van der Waals surface area contributed by atoms with Crippen LogP contribution < -0.4 is 0 Å². The number of nitriles is 1. The van der Waals surface area contributed by atoms with Crippen molar-refractivity contribution in [1.82, 2.24) is 4.98 Å². The summed E-state index contributed by atoms with van der Waals surface area (Å²) in [4.78, 5) is 3.08. The average molecular weight is 224 g/mol. The smallest absolute Gasteiger partial charge is 0.135 e. The number of H-pyrrole nitrogens is 1. The van der Waals surface area contributed by atoms with E-state index in [4.69, 9.17) is 5.26 Å². The van der Waals surface area contributed by atoms with Gasteiger partial charge in [-0.25, -0.2) is 0 Å². The van der Waals surface area contributed by atoms with E-state index in [1.54, 1.807) is 24.3 Å². The van der Waals surface area contributed by atoms with Crippen molar-refractivity contribution in [3.8, 4) is 17.6 Å². The Kier molecular flexibility index (Phi) is 1.77. The molecule has 0 amide bonds. The van der Waals surface area contributed by atoms with Crippen molar-refractivity contribution in [2.45, 2.75) is 0 Å². The molecule has 1 aromatic heterocycles. The summed E-state index contributed by atoms with van der Waals surface area (Å²) in [6, 6.07) is 10.1. The van der Waals surface area contributed by atoms with Gasteiger partial charge in [0.05, 0.1) is 16.6 Å². The lowest BCUT2D eigenvalue weighted by Gasteiger charge is -1.96. The van der Waals surface area contributed by atoms with E-state index in [0.29, 0.717) is 0 Å². The summed E-state index contributed by atoms with van der Waals surface area (Å²) < 4.78 is 0. The molecule has 2 aromatic carbocycles. The molecule has 0 aliphatic carbocycles. The number of aromatic amines is 1. The highest BCUT2D eigenvalue weighted by Crippen LogP contribution is 2.31. The Bertz CT molecular complexity index is 781. The first-order chi connectivity index (χ1) is 8.19. The van der Waals surface area contributed by atoms with Crippen molar-refractivity contribution < 1.29 is 10.2 Å². The minimum atomic E-state index is -0.0456. The lowest BCUT2D eigenvalue weighted by atomic mass is 10.1. The fourth-order valence-corrected chi connectivity index (χ4v) is 2.02. The number of aromatic nitrogens is 1. The van der Waals surface area contributed by atoms with Crippen LogP contribution in [-0.2, 0) is 0 Å². The SMILES string of the molecule is N#Cc1cc2c(cc1O)[nH]c1cc(O)ccc12. The molecule has 4 heteroatoms. The van der Waals surface area contributed by atoms with Crippen molar-refractivity contribution in [2.24, 2.45) is 0 Å². The molecular formula is C13H8N2O2. The van der Waals surface area contributed by atoms with E-state index in [0.717, 1.165) is 21.8 Å². The monoisotopic (exact) mass is 224 g/mol. The molecule has 3 N–H and O–H groups in total. The molecule has 0 spiro atoms. The number of fused-ring (bicyclic) bond motifs is 3. The molecular weight excluding hydrogens is 216 g/mol. The fourth-order valence-electron chi connectivity index (χ4n) is 2.02. The number of phenolic OH excluding ortho intramolecular Hbond substituents is 2. The van der Waals surface area contributed by atoms with E-state index in [9.17, 15) is 10.2 Å². The predicted octanol–water partition coefficient (Wildman–Crippen LogP) is 2.60. The van der Waals surface area contributed by atoms with Gasteiger partial charge in [-0.3, -0.25) is 0 Å². The van der Waals surface area contributed by atoms with Crippen molar-refractivity contribution in [1.29, 1.82) is 5.26 Å². The zero-order chi connectivity index (χ0) is 12.0. The molecule has 0 fully saturated rings. The Morgan fingerprint density at radius 1 is 1.00 bits per heavy atom. The predicted molar refractivity (Wildman–Crippen MR) is 63.8 cm³/mol. The third kappa shape index (κ3) is 1.30. The number of aromatic hydroxyl groups is 2. The van der Waals surface area contributed by atoms with Crippen LogP contribution in [0.3, 0.4) is 0 Å². The zero-order valence-electron chi connectivity index (χ0n) is 8.73. The standard InChI is InChI=1S/C13H8N2O2/c14-6-7-3-10-9-2-1-8(16)4-11(9)15-12(10)5-13(7)17/h1-5,15-17H. The molecule has 0 aliphatic heterocycles. The number of benzene rings is 2. The Morgan fingerprint density at radius 3 is 2.53 bits per heavy atom. The summed E-state index contributed by atoms with van der Waals surface area (Å²) >= 11 is 0. The summed E-state index contributed by atoms with van der Waals surface area (Å²) in [5.41, 5.74) is 1.75. The molecule has 3 rings (SSSR count). The Morgan fingerprint density at radius 2 is 1.76 bits per heavy atom. The van der Waals surface area contributed by atoms with Crippen LogP contribution in [0.25, 0.3) is 21.8 Å². The Labute approximate surface area is 96.3 Å². The van der Waals surface area contributed by atoms with Crippen molar-refractivity contribution >= 4 is 21.8 Å².